The number of aromatic nitrogens is 2. The lowest BCUT2D eigenvalue weighted by Gasteiger charge is -2.13. The van der Waals surface area contributed by atoms with E-state index in [2.05, 4.69) is 17.4 Å². The number of benzene rings is 3. The molecule has 0 radical (unpaired) electrons. The van der Waals surface area contributed by atoms with Gasteiger partial charge >= 0.3 is 5.97 Å². The number of carbonyl (C=O) groups is 1. The zero-order valence-corrected chi connectivity index (χ0v) is 21.4. The number of carboxylic acids is 1. The van der Waals surface area contributed by atoms with Crippen LogP contribution in [0.25, 0.3) is 31.7 Å². The maximum Gasteiger partial charge on any atom is 0.307 e. The van der Waals surface area contributed by atoms with Crippen LogP contribution in [-0.4, -0.2) is 27.1 Å². The summed E-state index contributed by atoms with van der Waals surface area (Å²) in [5.74, 6) is 1.12. The zero-order valence-electron chi connectivity index (χ0n) is 19.8. The molecule has 0 aliphatic rings. The Hall–Kier alpha value is -3.68. The topological polar surface area (TPSA) is 84.3 Å². The van der Waals surface area contributed by atoms with Gasteiger partial charge in [0.15, 0.2) is 5.82 Å². The molecule has 2 N–H and O–H groups in total. The molecule has 0 atom stereocenters. The first-order valence-corrected chi connectivity index (χ1v) is 12.8. The number of carboxylic acid groups (broad SMARTS) is 1. The van der Waals surface area contributed by atoms with Gasteiger partial charge < -0.3 is 15.2 Å². The molecule has 6 nitrogen and oxygen atoms in total. The third kappa shape index (κ3) is 5.12. The van der Waals surface area contributed by atoms with Crippen molar-refractivity contribution in [2.75, 3.05) is 5.32 Å². The number of hydrogen-bond donors (Lipinski definition) is 2. The van der Waals surface area contributed by atoms with E-state index in [9.17, 15) is 4.79 Å². The monoisotopic (exact) mass is 517 g/mol. The molecule has 0 aliphatic carbocycles. The van der Waals surface area contributed by atoms with Crippen molar-refractivity contribution in [2.24, 2.45) is 0 Å². The molecule has 0 amide bonds. The summed E-state index contributed by atoms with van der Waals surface area (Å²) in [5.41, 5.74) is 2.56. The molecule has 0 saturated heterocycles. The van der Waals surface area contributed by atoms with Crippen molar-refractivity contribution in [3.63, 3.8) is 0 Å². The number of nitrogens with one attached hydrogen (secondary N) is 1. The molecule has 0 fully saturated rings. The Morgan fingerprint density at radius 3 is 2.53 bits per heavy atom. The summed E-state index contributed by atoms with van der Waals surface area (Å²) < 4.78 is 6.88. The fraction of sp³-hybridized carbons (Fsp3) is 0.179. The van der Waals surface area contributed by atoms with Gasteiger partial charge in [0.2, 0.25) is 0 Å². The third-order valence-corrected chi connectivity index (χ3v) is 6.99. The van der Waals surface area contributed by atoms with E-state index in [0.29, 0.717) is 23.1 Å². The smallest absolute Gasteiger partial charge is 0.307 e. The molecule has 0 saturated carbocycles. The summed E-state index contributed by atoms with van der Waals surface area (Å²) in [6.07, 6.45) is 0.0246. The van der Waals surface area contributed by atoms with Gasteiger partial charge in [-0.2, -0.15) is 0 Å². The standard InChI is InChI=1S/C28H24ClN3O3S/c1-16(2)35-22-12-9-18(13-21(22)29)15-30-27-25-20-5-3-4-6-23(20)36-28(25)32-26(31-27)19-10-7-17(8-11-19)14-24(33)34/h3-13,16H,14-15H2,1-2H3,(H,33,34)(H,30,31,32). The van der Waals surface area contributed by atoms with Crippen LogP contribution in [0, 0.1) is 0 Å². The minimum atomic E-state index is -0.860. The van der Waals surface area contributed by atoms with E-state index in [1.54, 1.807) is 23.5 Å². The first kappa shape index (κ1) is 24.0. The summed E-state index contributed by atoms with van der Waals surface area (Å²) in [7, 11) is 0. The number of ether oxygens (including phenoxy) is 1. The van der Waals surface area contributed by atoms with Gasteiger partial charge in [0, 0.05) is 22.2 Å². The molecular weight excluding hydrogens is 494 g/mol. The summed E-state index contributed by atoms with van der Waals surface area (Å²) in [5, 5.41) is 15.2. The molecular formula is C28H24ClN3O3S. The molecule has 8 heteroatoms. The highest BCUT2D eigenvalue weighted by molar-refractivity contribution is 7.25. The van der Waals surface area contributed by atoms with Gasteiger partial charge in [0.05, 0.1) is 22.9 Å². The van der Waals surface area contributed by atoms with Gasteiger partial charge in [-0.25, -0.2) is 9.97 Å². The number of anilines is 1. The molecule has 5 aromatic rings. The largest absolute Gasteiger partial charge is 0.489 e. The maximum absolute atomic E-state index is 11.0. The van der Waals surface area contributed by atoms with Crippen molar-refractivity contribution in [3.8, 4) is 17.1 Å². The fourth-order valence-electron chi connectivity index (χ4n) is 4.02. The average Bonchev–Trinajstić information content (AvgIpc) is 3.22. The molecule has 0 aliphatic heterocycles. The number of rotatable bonds is 8. The Labute approximate surface area is 217 Å². The first-order valence-electron chi connectivity index (χ1n) is 11.6. The molecule has 0 bridgehead atoms. The van der Waals surface area contributed by atoms with Crippen molar-refractivity contribution in [1.82, 2.24) is 9.97 Å². The van der Waals surface area contributed by atoms with Crippen molar-refractivity contribution < 1.29 is 14.6 Å². The molecule has 0 unspecified atom stereocenters. The van der Waals surface area contributed by atoms with Gasteiger partial charge in [-0.15, -0.1) is 11.3 Å². The lowest BCUT2D eigenvalue weighted by molar-refractivity contribution is -0.136. The van der Waals surface area contributed by atoms with E-state index >= 15 is 0 Å². The van der Waals surface area contributed by atoms with E-state index in [1.807, 2.05) is 56.3 Å². The van der Waals surface area contributed by atoms with E-state index < -0.39 is 5.97 Å². The molecule has 182 valence electrons. The molecule has 3 aromatic carbocycles. The SMILES string of the molecule is CC(C)Oc1ccc(CNc2nc(-c3ccc(CC(=O)O)cc3)nc3sc4ccccc4c23)cc1Cl. The highest BCUT2D eigenvalue weighted by Gasteiger charge is 2.16. The minimum Gasteiger partial charge on any atom is -0.489 e. The summed E-state index contributed by atoms with van der Waals surface area (Å²) in [4.78, 5) is 21.7. The van der Waals surface area contributed by atoms with E-state index in [4.69, 9.17) is 31.4 Å². The van der Waals surface area contributed by atoms with E-state index in [1.165, 1.54) is 0 Å². The first-order chi connectivity index (χ1) is 17.4. The number of fused-ring (bicyclic) bond motifs is 3. The maximum atomic E-state index is 11.0. The number of aliphatic carboxylic acids is 1. The van der Waals surface area contributed by atoms with Crippen LogP contribution in [0.4, 0.5) is 5.82 Å². The Balaban J connectivity index is 1.51. The van der Waals surface area contributed by atoms with Crippen molar-refractivity contribution in [2.45, 2.75) is 32.9 Å². The van der Waals surface area contributed by atoms with Crippen molar-refractivity contribution in [3.05, 3.63) is 82.9 Å². The predicted octanol–water partition coefficient (Wildman–Crippen LogP) is 7.19. The molecule has 2 aromatic heterocycles. The zero-order chi connectivity index (χ0) is 25.2. The second-order valence-corrected chi connectivity index (χ2v) is 10.2. The van der Waals surface area contributed by atoms with Crippen LogP contribution in [-0.2, 0) is 17.8 Å². The Morgan fingerprint density at radius 2 is 1.81 bits per heavy atom. The van der Waals surface area contributed by atoms with Crippen molar-refractivity contribution >= 4 is 55.0 Å². The fourth-order valence-corrected chi connectivity index (χ4v) is 5.34. The number of halogens is 1. The highest BCUT2D eigenvalue weighted by atomic mass is 35.5. The third-order valence-electron chi connectivity index (χ3n) is 5.63. The number of hydrogen-bond acceptors (Lipinski definition) is 6. The Bertz CT molecular complexity index is 1560. The van der Waals surface area contributed by atoms with E-state index in [0.717, 1.165) is 42.8 Å². The average molecular weight is 518 g/mol. The van der Waals surface area contributed by atoms with Crippen molar-refractivity contribution in [1.29, 1.82) is 0 Å². The van der Waals surface area contributed by atoms with Gasteiger partial charge in [-0.05, 0) is 43.2 Å². The van der Waals surface area contributed by atoms with Crippen LogP contribution in [0.5, 0.6) is 5.75 Å². The lowest BCUT2D eigenvalue weighted by atomic mass is 10.1. The van der Waals surface area contributed by atoms with Gasteiger partial charge in [0.25, 0.3) is 0 Å². The Kier molecular flexibility index (Phi) is 6.76. The quantitative estimate of drug-likeness (QED) is 0.226. The van der Waals surface area contributed by atoms with Gasteiger partial charge in [0.1, 0.15) is 16.4 Å². The van der Waals surface area contributed by atoms with Crippen LogP contribution in [0.2, 0.25) is 5.02 Å². The van der Waals surface area contributed by atoms with Crippen LogP contribution in [0.1, 0.15) is 25.0 Å². The number of thiophene rings is 1. The summed E-state index contributed by atoms with van der Waals surface area (Å²) in [6, 6.07) is 21.3. The van der Waals surface area contributed by atoms with Crippen LogP contribution < -0.4 is 10.1 Å². The Morgan fingerprint density at radius 1 is 1.06 bits per heavy atom. The summed E-state index contributed by atoms with van der Waals surface area (Å²) in [6.45, 7) is 4.46. The van der Waals surface area contributed by atoms with Gasteiger partial charge in [-0.3, -0.25) is 4.79 Å². The van der Waals surface area contributed by atoms with Crippen LogP contribution in [0.3, 0.4) is 0 Å². The predicted molar refractivity (Wildman–Crippen MR) is 146 cm³/mol. The number of nitrogens with zero attached hydrogens (tertiary/aromatic N) is 2. The summed E-state index contributed by atoms with van der Waals surface area (Å²) >= 11 is 8.07. The lowest BCUT2D eigenvalue weighted by Crippen LogP contribution is -2.07. The van der Waals surface area contributed by atoms with E-state index in [-0.39, 0.29) is 12.5 Å². The molecule has 36 heavy (non-hydrogen) atoms. The second-order valence-electron chi connectivity index (χ2n) is 8.73. The second kappa shape index (κ2) is 10.1. The van der Waals surface area contributed by atoms with Gasteiger partial charge in [-0.1, -0.05) is 60.1 Å². The molecule has 0 spiro atoms. The van der Waals surface area contributed by atoms with Crippen LogP contribution >= 0.6 is 22.9 Å². The normalized spacial score (nSPS) is 11.3. The highest BCUT2D eigenvalue weighted by Crippen LogP contribution is 2.38. The molecule has 5 rings (SSSR count). The minimum absolute atomic E-state index is 0.0210. The van der Waals surface area contributed by atoms with Crippen LogP contribution in [0.15, 0.2) is 66.7 Å². The molecule has 2 heterocycles.